The van der Waals surface area contributed by atoms with Crippen molar-refractivity contribution in [3.8, 4) is 50.2 Å². The first-order valence-corrected chi connectivity index (χ1v) is 23.8. The van der Waals surface area contributed by atoms with Crippen molar-refractivity contribution in [3.63, 3.8) is 0 Å². The van der Waals surface area contributed by atoms with E-state index in [2.05, 4.69) is 246 Å². The highest BCUT2D eigenvalue weighted by atomic mass is 16.3. The van der Waals surface area contributed by atoms with Crippen LogP contribution in [0.5, 0.6) is 0 Å². The largest absolute Gasteiger partial charge is 0.456 e. The summed E-state index contributed by atoms with van der Waals surface area (Å²) in [5.41, 5.74) is 19.4. The van der Waals surface area contributed by atoms with Crippen LogP contribution < -0.4 is 4.90 Å². The highest BCUT2D eigenvalue weighted by molar-refractivity contribution is 6.11. The van der Waals surface area contributed by atoms with E-state index >= 15 is 0 Å². The van der Waals surface area contributed by atoms with E-state index in [0.29, 0.717) is 0 Å². The molecule has 0 saturated carbocycles. The number of rotatable bonds is 8. The monoisotopic (exact) mass is 894 g/mol. The van der Waals surface area contributed by atoms with E-state index in [1.807, 2.05) is 18.2 Å². The summed E-state index contributed by atoms with van der Waals surface area (Å²) in [6.45, 7) is 0. The molecule has 3 aromatic heterocycles. The molecule has 11 aromatic carbocycles. The maximum Gasteiger partial charge on any atom is 0.143 e. The van der Waals surface area contributed by atoms with Gasteiger partial charge in [0.15, 0.2) is 0 Å². The van der Waals surface area contributed by atoms with Crippen LogP contribution in [0, 0.1) is 0 Å². The van der Waals surface area contributed by atoms with E-state index in [4.69, 9.17) is 8.83 Å². The maximum atomic E-state index is 6.52. The summed E-state index contributed by atoms with van der Waals surface area (Å²) < 4.78 is 15.2. The summed E-state index contributed by atoms with van der Waals surface area (Å²) in [5, 5.41) is 7.00. The molecule has 3 heterocycles. The number of nitrogens with zero attached hydrogens (tertiary/aromatic N) is 2. The molecule has 14 rings (SSSR count). The van der Waals surface area contributed by atoms with Crippen molar-refractivity contribution in [3.05, 3.63) is 255 Å². The Bertz CT molecular complexity index is 4220. The van der Waals surface area contributed by atoms with Gasteiger partial charge in [0, 0.05) is 60.6 Å². The summed E-state index contributed by atoms with van der Waals surface area (Å²) in [4.78, 5) is 2.34. The van der Waals surface area contributed by atoms with Crippen LogP contribution in [0.1, 0.15) is 0 Å². The summed E-state index contributed by atoms with van der Waals surface area (Å²) in [6.07, 6.45) is 0. The number of anilines is 3. The van der Waals surface area contributed by atoms with Crippen molar-refractivity contribution < 1.29 is 8.83 Å². The fourth-order valence-corrected chi connectivity index (χ4v) is 10.6. The second-order valence-electron chi connectivity index (χ2n) is 18.1. The summed E-state index contributed by atoms with van der Waals surface area (Å²) in [5.74, 6) is 0. The number of benzene rings is 11. The average molecular weight is 895 g/mol. The van der Waals surface area contributed by atoms with Crippen LogP contribution in [0.25, 0.3) is 116 Å². The van der Waals surface area contributed by atoms with Crippen molar-refractivity contribution >= 4 is 82.7 Å². The van der Waals surface area contributed by atoms with Crippen LogP contribution in [-0.4, -0.2) is 4.57 Å². The summed E-state index contributed by atoms with van der Waals surface area (Å²) in [6, 6.07) is 91.1. The van der Waals surface area contributed by atoms with Gasteiger partial charge in [-0.15, -0.1) is 0 Å². The minimum atomic E-state index is 0.882. The minimum Gasteiger partial charge on any atom is -0.456 e. The van der Waals surface area contributed by atoms with Gasteiger partial charge < -0.3 is 18.3 Å². The smallest absolute Gasteiger partial charge is 0.143 e. The van der Waals surface area contributed by atoms with Gasteiger partial charge in [0.1, 0.15) is 22.3 Å². The van der Waals surface area contributed by atoms with Gasteiger partial charge in [0.25, 0.3) is 0 Å². The Morgan fingerprint density at radius 3 is 1.43 bits per heavy atom. The molecule has 0 amide bonds. The third-order valence-corrected chi connectivity index (χ3v) is 14.0. The first kappa shape index (κ1) is 39.8. The van der Waals surface area contributed by atoms with Gasteiger partial charge in [-0.2, -0.15) is 0 Å². The van der Waals surface area contributed by atoms with Crippen LogP contribution >= 0.6 is 0 Å². The minimum absolute atomic E-state index is 0.882. The van der Waals surface area contributed by atoms with Crippen molar-refractivity contribution in [2.75, 3.05) is 4.90 Å². The van der Waals surface area contributed by atoms with Crippen molar-refractivity contribution in [1.29, 1.82) is 0 Å². The Morgan fingerprint density at radius 1 is 0.271 bits per heavy atom. The molecule has 0 saturated heterocycles. The lowest BCUT2D eigenvalue weighted by molar-refractivity contribution is 0.669. The second-order valence-corrected chi connectivity index (χ2v) is 18.1. The van der Waals surface area contributed by atoms with Crippen molar-refractivity contribution in [2.24, 2.45) is 0 Å². The summed E-state index contributed by atoms with van der Waals surface area (Å²) >= 11 is 0. The number of hydrogen-bond donors (Lipinski definition) is 0. The highest BCUT2D eigenvalue weighted by Crippen LogP contribution is 2.42. The van der Waals surface area contributed by atoms with E-state index in [0.717, 1.165) is 111 Å². The Morgan fingerprint density at radius 2 is 0.757 bits per heavy atom. The van der Waals surface area contributed by atoms with E-state index < -0.39 is 0 Å². The number of aromatic nitrogens is 1. The molecule has 0 radical (unpaired) electrons. The average Bonchev–Trinajstić information content (AvgIpc) is 4.11. The molecule has 0 aliphatic carbocycles. The number of furan rings is 2. The van der Waals surface area contributed by atoms with E-state index in [1.54, 1.807) is 0 Å². The lowest BCUT2D eigenvalue weighted by atomic mass is 9.99. The Labute approximate surface area is 404 Å². The molecule has 4 heteroatoms. The third kappa shape index (κ3) is 6.61. The molecule has 0 unspecified atom stereocenters. The molecule has 0 atom stereocenters. The molecule has 0 aliphatic rings. The predicted octanol–water partition coefficient (Wildman–Crippen LogP) is 18.7. The molecule has 14 aromatic rings. The molecular formula is C66H42N2O2. The molecule has 70 heavy (non-hydrogen) atoms. The normalized spacial score (nSPS) is 11.7. The predicted molar refractivity (Wildman–Crippen MR) is 292 cm³/mol. The standard InChI is InChI=1S/C66H42N2O2/c1-2-12-46(13-3-1)54-19-11-20-59-60-41-48(31-39-64(60)70-66(54)59)44-26-34-51(35-27-44)67(52-36-28-45(29-37-52)49-30-38-58-57-18-6-9-23-63(57)69-65(58)42-49)50-32-24-43(25-33-50)47-14-10-15-53(40-47)68-61-21-7-4-16-55(61)56-17-5-8-22-62(56)68/h1-42H. The number of fused-ring (bicyclic) bond motifs is 9. The van der Waals surface area contributed by atoms with Crippen LogP contribution in [0.15, 0.2) is 264 Å². The highest BCUT2D eigenvalue weighted by Gasteiger charge is 2.18. The van der Waals surface area contributed by atoms with Gasteiger partial charge in [-0.25, -0.2) is 0 Å². The summed E-state index contributed by atoms with van der Waals surface area (Å²) in [7, 11) is 0. The third-order valence-electron chi connectivity index (χ3n) is 14.0. The van der Waals surface area contributed by atoms with Crippen LogP contribution in [0.2, 0.25) is 0 Å². The van der Waals surface area contributed by atoms with Gasteiger partial charge in [0.2, 0.25) is 0 Å². The molecular weight excluding hydrogens is 853 g/mol. The lowest BCUT2D eigenvalue weighted by Gasteiger charge is -2.26. The quantitative estimate of drug-likeness (QED) is 0.152. The van der Waals surface area contributed by atoms with Crippen LogP contribution in [0.3, 0.4) is 0 Å². The topological polar surface area (TPSA) is 34.5 Å². The van der Waals surface area contributed by atoms with E-state index in [9.17, 15) is 0 Å². The maximum absolute atomic E-state index is 6.52. The van der Waals surface area contributed by atoms with Gasteiger partial charge in [-0.3, -0.25) is 0 Å². The van der Waals surface area contributed by atoms with Gasteiger partial charge >= 0.3 is 0 Å². The first-order valence-electron chi connectivity index (χ1n) is 23.8. The lowest BCUT2D eigenvalue weighted by Crippen LogP contribution is -2.09. The zero-order valence-corrected chi connectivity index (χ0v) is 38.0. The SMILES string of the molecule is c1ccc(-c2cccc3c2oc2ccc(-c4ccc(N(c5ccc(-c6cccc(-n7c8ccccc8c8ccccc87)c6)cc5)c5ccc(-c6ccc7c(c6)oc6ccccc67)cc5)cc4)cc23)cc1. The number of para-hydroxylation sites is 4. The molecule has 328 valence electrons. The molecule has 0 fully saturated rings. The van der Waals surface area contributed by atoms with E-state index in [1.165, 1.54) is 21.8 Å². The number of hydrogen-bond acceptors (Lipinski definition) is 3. The fraction of sp³-hybridized carbons (Fsp3) is 0. The van der Waals surface area contributed by atoms with Gasteiger partial charge in [-0.1, -0.05) is 164 Å². The molecule has 4 nitrogen and oxygen atoms in total. The van der Waals surface area contributed by atoms with Crippen LogP contribution in [0.4, 0.5) is 17.1 Å². The Balaban J connectivity index is 0.828. The molecule has 0 aliphatic heterocycles. The Kier molecular flexibility index (Phi) is 9.17. The fourth-order valence-electron chi connectivity index (χ4n) is 10.6. The van der Waals surface area contributed by atoms with Gasteiger partial charge in [-0.05, 0) is 130 Å². The zero-order valence-electron chi connectivity index (χ0n) is 38.0. The van der Waals surface area contributed by atoms with Crippen molar-refractivity contribution in [2.45, 2.75) is 0 Å². The van der Waals surface area contributed by atoms with E-state index in [-0.39, 0.29) is 0 Å². The second kappa shape index (κ2) is 16.2. The molecule has 0 spiro atoms. The molecule has 0 N–H and O–H groups in total. The molecule has 0 bridgehead atoms. The van der Waals surface area contributed by atoms with Crippen LogP contribution in [-0.2, 0) is 0 Å². The van der Waals surface area contributed by atoms with Crippen molar-refractivity contribution in [1.82, 2.24) is 4.57 Å². The first-order chi connectivity index (χ1) is 34.7. The zero-order chi connectivity index (χ0) is 46.1. The van der Waals surface area contributed by atoms with Gasteiger partial charge in [0.05, 0.1) is 11.0 Å². The Hall–Kier alpha value is -9.38.